The molecule has 0 bridgehead atoms. The molecule has 18 heavy (non-hydrogen) atoms. The van der Waals surface area contributed by atoms with Crippen LogP contribution in [0.1, 0.15) is 13.8 Å². The average molecular weight is 268 g/mol. The molecule has 98 valence electrons. The molecular weight excluding hydrogens is 250 g/mol. The Morgan fingerprint density at radius 1 is 1.50 bits per heavy atom. The minimum atomic E-state index is -0.0712. The van der Waals surface area contributed by atoms with Crippen molar-refractivity contribution >= 4 is 23.3 Å². The first-order chi connectivity index (χ1) is 8.58. The number of carbonyl (C=O) groups excluding carboxylic acids is 1. The summed E-state index contributed by atoms with van der Waals surface area (Å²) in [6, 6.07) is 7.60. The summed E-state index contributed by atoms with van der Waals surface area (Å²) in [5.74, 6) is 0. The first kappa shape index (κ1) is 13.2. The Hall–Kier alpha value is -1.26. The number of nitrogens with zero attached hydrogens (tertiary/aromatic N) is 1. The fourth-order valence-corrected chi connectivity index (χ4v) is 2.30. The van der Waals surface area contributed by atoms with E-state index in [1.807, 2.05) is 24.0 Å². The van der Waals surface area contributed by atoms with Crippen LogP contribution in [0.5, 0.6) is 0 Å². The van der Waals surface area contributed by atoms with Gasteiger partial charge in [0.25, 0.3) is 0 Å². The van der Waals surface area contributed by atoms with Crippen LogP contribution < -0.4 is 10.6 Å². The van der Waals surface area contributed by atoms with Crippen molar-refractivity contribution in [2.45, 2.75) is 25.9 Å². The number of nitrogens with one attached hydrogen (secondary N) is 2. The van der Waals surface area contributed by atoms with Crippen LogP contribution in [0.3, 0.4) is 0 Å². The first-order valence-corrected chi connectivity index (χ1v) is 6.52. The predicted octanol–water partition coefficient (Wildman–Crippen LogP) is 2.55. The van der Waals surface area contributed by atoms with Crippen molar-refractivity contribution in [1.29, 1.82) is 0 Å². The SMILES string of the molecule is CC1NCCN(C(=O)Nc2cccc(Cl)c2)C1C. The minimum absolute atomic E-state index is 0.0712. The van der Waals surface area contributed by atoms with Gasteiger partial charge < -0.3 is 15.5 Å². The van der Waals surface area contributed by atoms with Gasteiger partial charge in [-0.15, -0.1) is 0 Å². The van der Waals surface area contributed by atoms with E-state index in [0.29, 0.717) is 11.1 Å². The fraction of sp³-hybridized carbons (Fsp3) is 0.462. The molecule has 0 spiro atoms. The summed E-state index contributed by atoms with van der Waals surface area (Å²) in [6.07, 6.45) is 0. The molecule has 1 saturated heterocycles. The van der Waals surface area contributed by atoms with Gasteiger partial charge in [-0.25, -0.2) is 4.79 Å². The highest BCUT2D eigenvalue weighted by atomic mass is 35.5. The van der Waals surface area contributed by atoms with Crippen molar-refractivity contribution in [1.82, 2.24) is 10.2 Å². The van der Waals surface area contributed by atoms with Crippen LogP contribution in [0.15, 0.2) is 24.3 Å². The van der Waals surface area contributed by atoms with E-state index in [4.69, 9.17) is 11.6 Å². The highest BCUT2D eigenvalue weighted by molar-refractivity contribution is 6.30. The van der Waals surface area contributed by atoms with E-state index >= 15 is 0 Å². The van der Waals surface area contributed by atoms with Crippen molar-refractivity contribution in [2.24, 2.45) is 0 Å². The first-order valence-electron chi connectivity index (χ1n) is 6.14. The van der Waals surface area contributed by atoms with Crippen molar-refractivity contribution in [3.8, 4) is 0 Å². The maximum atomic E-state index is 12.2. The molecule has 5 heteroatoms. The molecule has 0 aromatic heterocycles. The number of anilines is 1. The quantitative estimate of drug-likeness (QED) is 0.821. The molecule has 1 aromatic carbocycles. The molecule has 1 aromatic rings. The summed E-state index contributed by atoms with van der Waals surface area (Å²) >= 11 is 5.89. The summed E-state index contributed by atoms with van der Waals surface area (Å²) in [6.45, 7) is 5.68. The maximum Gasteiger partial charge on any atom is 0.322 e. The monoisotopic (exact) mass is 267 g/mol. The number of rotatable bonds is 1. The van der Waals surface area contributed by atoms with Crippen LogP contribution in [-0.2, 0) is 0 Å². The van der Waals surface area contributed by atoms with E-state index < -0.39 is 0 Å². The molecule has 2 unspecified atom stereocenters. The summed E-state index contributed by atoms with van der Waals surface area (Å²) in [5, 5.41) is 6.84. The molecule has 1 heterocycles. The van der Waals surface area contributed by atoms with Crippen LogP contribution in [-0.4, -0.2) is 36.1 Å². The third-order valence-electron chi connectivity index (χ3n) is 3.37. The minimum Gasteiger partial charge on any atom is -0.319 e. The highest BCUT2D eigenvalue weighted by Gasteiger charge is 2.27. The van der Waals surface area contributed by atoms with E-state index in [0.717, 1.165) is 18.8 Å². The third kappa shape index (κ3) is 2.94. The van der Waals surface area contributed by atoms with Crippen LogP contribution in [0.25, 0.3) is 0 Å². The molecule has 2 amide bonds. The molecule has 1 aliphatic heterocycles. The molecule has 0 radical (unpaired) electrons. The van der Waals surface area contributed by atoms with E-state index in [2.05, 4.69) is 17.6 Å². The van der Waals surface area contributed by atoms with Crippen molar-refractivity contribution < 1.29 is 4.79 Å². The second-order valence-electron chi connectivity index (χ2n) is 4.62. The van der Waals surface area contributed by atoms with Gasteiger partial charge in [0.1, 0.15) is 0 Å². The molecular formula is C13H18ClN3O. The molecule has 0 saturated carbocycles. The Morgan fingerprint density at radius 2 is 2.28 bits per heavy atom. The smallest absolute Gasteiger partial charge is 0.319 e. The lowest BCUT2D eigenvalue weighted by molar-refractivity contribution is 0.156. The topological polar surface area (TPSA) is 44.4 Å². The molecule has 1 aliphatic rings. The summed E-state index contributed by atoms with van der Waals surface area (Å²) in [5.41, 5.74) is 0.728. The Morgan fingerprint density at radius 3 is 3.00 bits per heavy atom. The van der Waals surface area contributed by atoms with Crippen molar-refractivity contribution in [3.63, 3.8) is 0 Å². The zero-order chi connectivity index (χ0) is 13.1. The third-order valence-corrected chi connectivity index (χ3v) is 3.61. The number of amides is 2. The number of piperazine rings is 1. The number of hydrogen-bond acceptors (Lipinski definition) is 2. The lowest BCUT2D eigenvalue weighted by atomic mass is 10.1. The van der Waals surface area contributed by atoms with E-state index in [9.17, 15) is 4.79 Å². The number of halogens is 1. The summed E-state index contributed by atoms with van der Waals surface area (Å²) in [4.78, 5) is 14.0. The average Bonchev–Trinajstić information content (AvgIpc) is 2.32. The lowest BCUT2D eigenvalue weighted by Gasteiger charge is -2.38. The van der Waals surface area contributed by atoms with Gasteiger partial charge in [0.2, 0.25) is 0 Å². The van der Waals surface area contributed by atoms with Gasteiger partial charge in [0, 0.05) is 35.9 Å². The van der Waals surface area contributed by atoms with Crippen LogP contribution in [0.2, 0.25) is 5.02 Å². The lowest BCUT2D eigenvalue weighted by Crippen LogP contribution is -2.58. The highest BCUT2D eigenvalue weighted by Crippen LogP contribution is 2.17. The largest absolute Gasteiger partial charge is 0.322 e. The molecule has 2 atom stereocenters. The molecule has 2 N–H and O–H groups in total. The Balaban J connectivity index is 2.03. The summed E-state index contributed by atoms with van der Waals surface area (Å²) < 4.78 is 0. The predicted molar refractivity (Wildman–Crippen MR) is 74.1 cm³/mol. The van der Waals surface area contributed by atoms with Crippen LogP contribution in [0.4, 0.5) is 10.5 Å². The summed E-state index contributed by atoms with van der Waals surface area (Å²) in [7, 11) is 0. The Labute approximate surface area is 112 Å². The zero-order valence-electron chi connectivity index (χ0n) is 10.6. The zero-order valence-corrected chi connectivity index (χ0v) is 11.4. The molecule has 0 aliphatic carbocycles. The Kier molecular flexibility index (Phi) is 4.09. The number of benzene rings is 1. The Bertz CT molecular complexity index is 438. The molecule has 1 fully saturated rings. The van der Waals surface area contributed by atoms with Crippen LogP contribution in [0, 0.1) is 0 Å². The van der Waals surface area contributed by atoms with Gasteiger partial charge in [-0.1, -0.05) is 17.7 Å². The molecule has 4 nitrogen and oxygen atoms in total. The fourth-order valence-electron chi connectivity index (χ4n) is 2.10. The van der Waals surface area contributed by atoms with E-state index in [-0.39, 0.29) is 12.1 Å². The van der Waals surface area contributed by atoms with E-state index in [1.165, 1.54) is 0 Å². The normalized spacial score (nSPS) is 23.8. The van der Waals surface area contributed by atoms with Gasteiger partial charge in [-0.3, -0.25) is 0 Å². The van der Waals surface area contributed by atoms with Gasteiger partial charge in [0.15, 0.2) is 0 Å². The van der Waals surface area contributed by atoms with Crippen molar-refractivity contribution in [3.05, 3.63) is 29.3 Å². The standard InChI is InChI=1S/C13H18ClN3O/c1-9-10(2)17(7-6-15-9)13(18)16-12-5-3-4-11(14)8-12/h3-5,8-10,15H,6-7H2,1-2H3,(H,16,18). The van der Waals surface area contributed by atoms with Gasteiger partial charge in [-0.2, -0.15) is 0 Å². The number of urea groups is 1. The number of carbonyl (C=O) groups is 1. The van der Waals surface area contributed by atoms with Crippen molar-refractivity contribution in [2.75, 3.05) is 18.4 Å². The second kappa shape index (κ2) is 5.59. The van der Waals surface area contributed by atoms with Gasteiger partial charge in [0.05, 0.1) is 0 Å². The number of hydrogen-bond donors (Lipinski definition) is 2. The molecule has 2 rings (SSSR count). The van der Waals surface area contributed by atoms with Crippen LogP contribution >= 0.6 is 11.6 Å². The second-order valence-corrected chi connectivity index (χ2v) is 5.05. The van der Waals surface area contributed by atoms with Gasteiger partial charge in [-0.05, 0) is 32.0 Å². The van der Waals surface area contributed by atoms with E-state index in [1.54, 1.807) is 12.1 Å². The van der Waals surface area contributed by atoms with Gasteiger partial charge >= 0.3 is 6.03 Å². The maximum absolute atomic E-state index is 12.2.